The van der Waals surface area contributed by atoms with Crippen LogP contribution in [0.4, 0.5) is 4.39 Å². The van der Waals surface area contributed by atoms with Crippen LogP contribution in [0.5, 0.6) is 5.75 Å². The SMILES string of the molecule is COc1ccc(/C(O)=C2\C(=O)C(=O)N(CCOC(C)C)C2c2ccccc2F)c(C)c1. The number of aryl methyl sites for hydroxylation is 1. The van der Waals surface area contributed by atoms with E-state index in [4.69, 9.17) is 9.47 Å². The van der Waals surface area contributed by atoms with Gasteiger partial charge in [0.15, 0.2) is 0 Å². The van der Waals surface area contributed by atoms with Crippen molar-refractivity contribution in [3.8, 4) is 5.75 Å². The number of ether oxygens (including phenoxy) is 2. The number of halogens is 1. The predicted molar refractivity (Wildman–Crippen MR) is 114 cm³/mol. The molecule has 1 fully saturated rings. The number of likely N-dealkylation sites (tertiary alicyclic amines) is 1. The van der Waals surface area contributed by atoms with Crippen molar-refractivity contribution < 1.29 is 28.6 Å². The summed E-state index contributed by atoms with van der Waals surface area (Å²) in [5.41, 5.74) is 1.02. The van der Waals surface area contributed by atoms with Crippen LogP contribution in [-0.2, 0) is 14.3 Å². The van der Waals surface area contributed by atoms with E-state index in [0.717, 1.165) is 0 Å². The molecule has 1 amide bonds. The molecule has 1 aliphatic heterocycles. The molecule has 1 heterocycles. The van der Waals surface area contributed by atoms with Gasteiger partial charge in [-0.15, -0.1) is 0 Å². The first-order chi connectivity index (χ1) is 14.8. The lowest BCUT2D eigenvalue weighted by molar-refractivity contribution is -0.140. The van der Waals surface area contributed by atoms with Gasteiger partial charge in [-0.2, -0.15) is 0 Å². The minimum atomic E-state index is -1.06. The van der Waals surface area contributed by atoms with Gasteiger partial charge in [0.1, 0.15) is 17.3 Å². The van der Waals surface area contributed by atoms with Gasteiger partial charge >= 0.3 is 0 Å². The number of rotatable bonds is 7. The Morgan fingerprint density at radius 1 is 1.19 bits per heavy atom. The van der Waals surface area contributed by atoms with Crippen LogP contribution in [0.15, 0.2) is 48.0 Å². The van der Waals surface area contributed by atoms with Gasteiger partial charge in [0.05, 0.1) is 31.4 Å². The van der Waals surface area contributed by atoms with Gasteiger partial charge in [-0.1, -0.05) is 18.2 Å². The lowest BCUT2D eigenvalue weighted by atomic mass is 9.93. The number of amides is 1. The maximum atomic E-state index is 14.7. The van der Waals surface area contributed by atoms with Crippen LogP contribution in [0.25, 0.3) is 5.76 Å². The topological polar surface area (TPSA) is 76.1 Å². The zero-order valence-electron chi connectivity index (χ0n) is 18.0. The van der Waals surface area contributed by atoms with Crippen LogP contribution in [0, 0.1) is 12.7 Å². The first kappa shape index (κ1) is 22.5. The average molecular weight is 427 g/mol. The highest BCUT2D eigenvalue weighted by molar-refractivity contribution is 6.46. The van der Waals surface area contributed by atoms with Crippen molar-refractivity contribution in [3.63, 3.8) is 0 Å². The average Bonchev–Trinajstić information content (AvgIpc) is 2.98. The van der Waals surface area contributed by atoms with E-state index in [2.05, 4.69) is 0 Å². The van der Waals surface area contributed by atoms with E-state index in [0.29, 0.717) is 16.9 Å². The third-order valence-corrected chi connectivity index (χ3v) is 5.21. The summed E-state index contributed by atoms with van der Waals surface area (Å²) in [6.07, 6.45) is -0.0642. The van der Waals surface area contributed by atoms with Crippen molar-refractivity contribution in [2.24, 2.45) is 0 Å². The Labute approximate surface area is 180 Å². The number of ketones is 1. The normalized spacial score (nSPS) is 18.1. The summed E-state index contributed by atoms with van der Waals surface area (Å²) in [5, 5.41) is 11.1. The van der Waals surface area contributed by atoms with Gasteiger partial charge < -0.3 is 19.5 Å². The number of hydrogen-bond donors (Lipinski definition) is 1. The van der Waals surface area contributed by atoms with Crippen molar-refractivity contribution in [1.82, 2.24) is 4.90 Å². The summed E-state index contributed by atoms with van der Waals surface area (Å²) in [5.74, 6) is -1.98. The summed E-state index contributed by atoms with van der Waals surface area (Å²) in [7, 11) is 1.53. The summed E-state index contributed by atoms with van der Waals surface area (Å²) in [6.45, 7) is 5.73. The van der Waals surface area contributed by atoms with Gasteiger partial charge in [0.25, 0.3) is 11.7 Å². The van der Waals surface area contributed by atoms with Gasteiger partial charge in [-0.3, -0.25) is 9.59 Å². The quantitative estimate of drug-likeness (QED) is 0.411. The Bertz CT molecular complexity index is 1030. The maximum absolute atomic E-state index is 14.7. The number of methoxy groups -OCH3 is 1. The molecule has 0 bridgehead atoms. The molecular weight excluding hydrogens is 401 g/mol. The highest BCUT2D eigenvalue weighted by Crippen LogP contribution is 2.40. The second kappa shape index (κ2) is 9.31. The lowest BCUT2D eigenvalue weighted by Crippen LogP contribution is -2.33. The number of Topliss-reactive ketones (excluding diaryl/α,β-unsaturated/α-hetero) is 1. The van der Waals surface area contributed by atoms with E-state index in [1.165, 1.54) is 30.2 Å². The highest BCUT2D eigenvalue weighted by Gasteiger charge is 2.46. The van der Waals surface area contributed by atoms with E-state index >= 15 is 0 Å². The number of hydrogen-bond acceptors (Lipinski definition) is 5. The Hall–Kier alpha value is -3.19. The fourth-order valence-corrected chi connectivity index (χ4v) is 3.69. The Morgan fingerprint density at radius 3 is 2.52 bits per heavy atom. The molecule has 0 radical (unpaired) electrons. The molecular formula is C24H26FNO5. The van der Waals surface area contributed by atoms with E-state index in [1.54, 1.807) is 31.2 Å². The molecule has 0 spiro atoms. The molecule has 1 unspecified atom stereocenters. The fraction of sp³-hybridized carbons (Fsp3) is 0.333. The second-order valence-electron chi connectivity index (χ2n) is 7.61. The molecule has 3 rings (SSSR count). The zero-order valence-corrected chi connectivity index (χ0v) is 18.0. The van der Waals surface area contributed by atoms with E-state index in [1.807, 2.05) is 13.8 Å². The monoisotopic (exact) mass is 427 g/mol. The number of nitrogens with zero attached hydrogens (tertiary/aromatic N) is 1. The standard InChI is InChI=1S/C24H26FNO5/c1-14(2)31-12-11-26-21(18-7-5-6-8-19(18)25)20(23(28)24(26)29)22(27)17-10-9-16(30-4)13-15(17)3/h5-10,13-14,21,27H,11-12H2,1-4H3/b22-20+. The first-order valence-corrected chi connectivity index (χ1v) is 10.1. The zero-order chi connectivity index (χ0) is 22.7. The van der Waals surface area contributed by atoms with Crippen molar-refractivity contribution in [1.29, 1.82) is 0 Å². The van der Waals surface area contributed by atoms with Gasteiger partial charge in [-0.05, 0) is 50.6 Å². The van der Waals surface area contributed by atoms with E-state index < -0.39 is 23.5 Å². The van der Waals surface area contributed by atoms with Crippen molar-refractivity contribution in [2.45, 2.75) is 32.9 Å². The first-order valence-electron chi connectivity index (χ1n) is 10.1. The number of carbonyl (C=O) groups is 2. The van der Waals surface area contributed by atoms with Crippen molar-refractivity contribution >= 4 is 17.4 Å². The number of aliphatic hydroxyl groups is 1. The molecule has 1 saturated heterocycles. The van der Waals surface area contributed by atoms with Crippen molar-refractivity contribution in [3.05, 3.63) is 70.5 Å². The molecule has 1 aliphatic rings. The number of carbonyl (C=O) groups excluding carboxylic acids is 2. The molecule has 2 aromatic carbocycles. The highest BCUT2D eigenvalue weighted by atomic mass is 19.1. The predicted octanol–water partition coefficient (Wildman–Crippen LogP) is 3.99. The van der Waals surface area contributed by atoms with Crippen LogP contribution in [-0.4, -0.2) is 48.1 Å². The lowest BCUT2D eigenvalue weighted by Gasteiger charge is -2.26. The van der Waals surface area contributed by atoms with Crippen LogP contribution in [0.1, 0.15) is 36.6 Å². The summed E-state index contributed by atoms with van der Waals surface area (Å²) in [6, 6.07) is 9.83. The molecule has 1 atom stereocenters. The Morgan fingerprint density at radius 2 is 1.90 bits per heavy atom. The van der Waals surface area contributed by atoms with Crippen LogP contribution >= 0.6 is 0 Å². The van der Waals surface area contributed by atoms with Crippen molar-refractivity contribution in [2.75, 3.05) is 20.3 Å². The minimum Gasteiger partial charge on any atom is -0.507 e. The molecule has 31 heavy (non-hydrogen) atoms. The molecule has 0 aromatic heterocycles. The molecule has 0 aliphatic carbocycles. The molecule has 7 heteroatoms. The Kier molecular flexibility index (Phi) is 6.75. The molecule has 2 aromatic rings. The van der Waals surface area contributed by atoms with E-state index in [-0.39, 0.29) is 36.2 Å². The van der Waals surface area contributed by atoms with Crippen LogP contribution in [0.2, 0.25) is 0 Å². The third-order valence-electron chi connectivity index (χ3n) is 5.21. The van der Waals surface area contributed by atoms with Gasteiger partial charge in [-0.25, -0.2) is 4.39 Å². The largest absolute Gasteiger partial charge is 0.507 e. The van der Waals surface area contributed by atoms with Crippen LogP contribution in [0.3, 0.4) is 0 Å². The third kappa shape index (κ3) is 4.46. The molecule has 164 valence electrons. The Balaban J connectivity index is 2.14. The number of benzene rings is 2. The minimum absolute atomic E-state index is 0.0642. The molecule has 1 N–H and O–H groups in total. The smallest absolute Gasteiger partial charge is 0.295 e. The fourth-order valence-electron chi connectivity index (χ4n) is 3.69. The van der Waals surface area contributed by atoms with Gasteiger partial charge in [0.2, 0.25) is 0 Å². The number of aliphatic hydroxyl groups excluding tert-OH is 1. The molecule has 6 nitrogen and oxygen atoms in total. The summed E-state index contributed by atoms with van der Waals surface area (Å²) < 4.78 is 25.5. The summed E-state index contributed by atoms with van der Waals surface area (Å²) >= 11 is 0. The van der Waals surface area contributed by atoms with Gasteiger partial charge in [0, 0.05) is 17.7 Å². The second-order valence-corrected chi connectivity index (χ2v) is 7.61. The summed E-state index contributed by atoms with van der Waals surface area (Å²) in [4.78, 5) is 27.1. The van der Waals surface area contributed by atoms with Crippen LogP contribution < -0.4 is 4.74 Å². The molecule has 0 saturated carbocycles. The van der Waals surface area contributed by atoms with E-state index in [9.17, 15) is 19.1 Å². The maximum Gasteiger partial charge on any atom is 0.295 e.